The molecule has 1 amide bonds. The quantitative estimate of drug-likeness (QED) is 0.848. The van der Waals surface area contributed by atoms with Gasteiger partial charge in [-0.05, 0) is 42.7 Å². The van der Waals surface area contributed by atoms with Crippen molar-refractivity contribution < 1.29 is 9.53 Å². The molecular weight excluding hydrogens is 262 g/mol. The molecule has 0 bridgehead atoms. The number of carbonyl (C=O) groups is 1. The number of amides is 1. The summed E-state index contributed by atoms with van der Waals surface area (Å²) in [6, 6.07) is 17.7. The van der Waals surface area contributed by atoms with Gasteiger partial charge in [-0.15, -0.1) is 0 Å². The lowest BCUT2D eigenvalue weighted by Gasteiger charge is -2.26. The van der Waals surface area contributed by atoms with Gasteiger partial charge in [0.05, 0.1) is 0 Å². The molecule has 1 aliphatic heterocycles. The number of benzene rings is 2. The second-order valence-corrected chi connectivity index (χ2v) is 5.33. The van der Waals surface area contributed by atoms with Gasteiger partial charge >= 0.3 is 0 Å². The lowest BCUT2D eigenvalue weighted by Crippen LogP contribution is -2.34. The van der Waals surface area contributed by atoms with E-state index in [1.54, 1.807) is 0 Å². The van der Waals surface area contributed by atoms with Crippen LogP contribution in [0.1, 0.15) is 24.8 Å². The normalized spacial score (nSPS) is 15.0. The molecular formula is C18H19NO2. The van der Waals surface area contributed by atoms with Gasteiger partial charge in [-0.3, -0.25) is 4.79 Å². The summed E-state index contributed by atoms with van der Waals surface area (Å²) < 4.78 is 5.76. The Hall–Kier alpha value is -2.29. The Morgan fingerprint density at radius 1 is 0.905 bits per heavy atom. The van der Waals surface area contributed by atoms with Gasteiger partial charge < -0.3 is 9.64 Å². The highest BCUT2D eigenvalue weighted by Crippen LogP contribution is 2.22. The summed E-state index contributed by atoms with van der Waals surface area (Å²) in [5.74, 6) is 1.91. The van der Waals surface area contributed by atoms with Crippen molar-refractivity contribution in [3.05, 3.63) is 60.2 Å². The first-order chi connectivity index (χ1) is 10.3. The summed E-state index contributed by atoms with van der Waals surface area (Å²) in [6.07, 6.45) is 2.83. The maximum Gasteiger partial charge on any atom is 0.222 e. The Morgan fingerprint density at radius 3 is 2.33 bits per heavy atom. The Balaban J connectivity index is 1.62. The smallest absolute Gasteiger partial charge is 0.222 e. The first-order valence-corrected chi connectivity index (χ1v) is 7.41. The number of rotatable bonds is 4. The van der Waals surface area contributed by atoms with Crippen LogP contribution in [0.25, 0.3) is 0 Å². The fraction of sp³-hybridized carbons (Fsp3) is 0.278. The van der Waals surface area contributed by atoms with Crippen LogP contribution < -0.4 is 4.74 Å². The second-order valence-electron chi connectivity index (χ2n) is 5.33. The molecule has 0 N–H and O–H groups in total. The molecule has 3 nitrogen and oxygen atoms in total. The molecule has 3 rings (SSSR count). The van der Waals surface area contributed by atoms with Crippen molar-refractivity contribution >= 4 is 5.91 Å². The van der Waals surface area contributed by atoms with E-state index in [0.29, 0.717) is 13.0 Å². The van der Waals surface area contributed by atoms with Crippen LogP contribution >= 0.6 is 0 Å². The Labute approximate surface area is 125 Å². The third-order valence-corrected chi connectivity index (χ3v) is 3.70. The average Bonchev–Trinajstić information content (AvgIpc) is 2.52. The van der Waals surface area contributed by atoms with Gasteiger partial charge in [0.2, 0.25) is 5.91 Å². The van der Waals surface area contributed by atoms with E-state index in [1.165, 1.54) is 0 Å². The number of carbonyl (C=O) groups excluding carboxylic acids is 1. The molecule has 0 atom stereocenters. The first kappa shape index (κ1) is 13.7. The van der Waals surface area contributed by atoms with Crippen LogP contribution in [0, 0.1) is 0 Å². The molecule has 3 heteroatoms. The number of hydrogen-bond acceptors (Lipinski definition) is 2. The first-order valence-electron chi connectivity index (χ1n) is 7.41. The summed E-state index contributed by atoms with van der Waals surface area (Å²) in [5.41, 5.74) is 1.14. The highest BCUT2D eigenvalue weighted by atomic mass is 16.5. The zero-order chi connectivity index (χ0) is 14.5. The van der Waals surface area contributed by atoms with E-state index in [-0.39, 0.29) is 5.91 Å². The third-order valence-electron chi connectivity index (χ3n) is 3.70. The minimum Gasteiger partial charge on any atom is -0.457 e. The Kier molecular flexibility index (Phi) is 4.20. The molecule has 1 aliphatic rings. The number of para-hydroxylation sites is 1. The van der Waals surface area contributed by atoms with Crippen LogP contribution in [0.4, 0.5) is 0 Å². The molecule has 0 saturated carbocycles. The van der Waals surface area contributed by atoms with E-state index in [2.05, 4.69) is 0 Å². The SMILES string of the molecule is O=C1CCCCN1Cc1ccc(Oc2ccccc2)cc1. The Morgan fingerprint density at radius 2 is 1.62 bits per heavy atom. The van der Waals surface area contributed by atoms with E-state index >= 15 is 0 Å². The van der Waals surface area contributed by atoms with Gasteiger partial charge in [0.25, 0.3) is 0 Å². The highest BCUT2D eigenvalue weighted by Gasteiger charge is 2.17. The summed E-state index contributed by atoms with van der Waals surface area (Å²) in [6.45, 7) is 1.57. The van der Waals surface area contributed by atoms with Gasteiger partial charge in [-0.1, -0.05) is 30.3 Å². The maximum absolute atomic E-state index is 11.8. The zero-order valence-electron chi connectivity index (χ0n) is 12.0. The molecule has 0 aliphatic carbocycles. The minimum absolute atomic E-state index is 0.269. The number of hydrogen-bond donors (Lipinski definition) is 0. The summed E-state index contributed by atoms with van der Waals surface area (Å²) in [4.78, 5) is 13.7. The van der Waals surface area contributed by atoms with Crippen LogP contribution in [-0.2, 0) is 11.3 Å². The van der Waals surface area contributed by atoms with E-state index < -0.39 is 0 Å². The third kappa shape index (κ3) is 3.63. The van der Waals surface area contributed by atoms with Crippen LogP contribution in [0.2, 0.25) is 0 Å². The molecule has 21 heavy (non-hydrogen) atoms. The standard InChI is InChI=1S/C18H19NO2/c20-18-8-4-5-13-19(18)14-15-9-11-17(12-10-15)21-16-6-2-1-3-7-16/h1-3,6-7,9-12H,4-5,8,13-14H2. The number of piperidine rings is 1. The van der Waals surface area contributed by atoms with Crippen LogP contribution in [0.15, 0.2) is 54.6 Å². The topological polar surface area (TPSA) is 29.5 Å². The van der Waals surface area contributed by atoms with Crippen molar-refractivity contribution in [3.63, 3.8) is 0 Å². The van der Waals surface area contributed by atoms with Crippen molar-refractivity contribution in [1.82, 2.24) is 4.90 Å². The van der Waals surface area contributed by atoms with Crippen molar-refractivity contribution in [2.45, 2.75) is 25.8 Å². The fourth-order valence-corrected chi connectivity index (χ4v) is 2.54. The van der Waals surface area contributed by atoms with Gasteiger partial charge in [0.15, 0.2) is 0 Å². The van der Waals surface area contributed by atoms with Gasteiger partial charge in [-0.2, -0.15) is 0 Å². The van der Waals surface area contributed by atoms with Gasteiger partial charge in [-0.25, -0.2) is 0 Å². The fourth-order valence-electron chi connectivity index (χ4n) is 2.54. The second kappa shape index (κ2) is 6.44. The summed E-state index contributed by atoms with van der Waals surface area (Å²) in [7, 11) is 0. The van der Waals surface area contributed by atoms with Crippen molar-refractivity contribution in [3.8, 4) is 11.5 Å². The molecule has 1 fully saturated rings. The largest absolute Gasteiger partial charge is 0.457 e. The molecule has 0 spiro atoms. The summed E-state index contributed by atoms with van der Waals surface area (Å²) in [5, 5.41) is 0. The minimum atomic E-state index is 0.269. The molecule has 108 valence electrons. The van der Waals surface area contributed by atoms with Crippen LogP contribution in [-0.4, -0.2) is 17.4 Å². The van der Waals surface area contributed by atoms with Crippen LogP contribution in [0.3, 0.4) is 0 Å². The lowest BCUT2D eigenvalue weighted by atomic mass is 10.1. The highest BCUT2D eigenvalue weighted by molar-refractivity contribution is 5.76. The van der Waals surface area contributed by atoms with E-state index in [0.717, 1.165) is 36.4 Å². The average molecular weight is 281 g/mol. The number of ether oxygens (including phenoxy) is 1. The summed E-state index contributed by atoms with van der Waals surface area (Å²) >= 11 is 0. The molecule has 0 unspecified atom stereocenters. The molecule has 0 radical (unpaired) electrons. The molecule has 2 aromatic carbocycles. The van der Waals surface area contributed by atoms with E-state index in [4.69, 9.17) is 4.74 Å². The van der Waals surface area contributed by atoms with E-state index in [1.807, 2.05) is 59.5 Å². The van der Waals surface area contributed by atoms with Crippen molar-refractivity contribution in [2.24, 2.45) is 0 Å². The molecule has 1 saturated heterocycles. The number of nitrogens with zero attached hydrogens (tertiary/aromatic N) is 1. The lowest BCUT2D eigenvalue weighted by molar-refractivity contribution is -0.133. The monoisotopic (exact) mass is 281 g/mol. The van der Waals surface area contributed by atoms with Gasteiger partial charge in [0.1, 0.15) is 11.5 Å². The molecule has 0 aromatic heterocycles. The zero-order valence-corrected chi connectivity index (χ0v) is 12.0. The predicted molar refractivity (Wildman–Crippen MR) is 82.2 cm³/mol. The van der Waals surface area contributed by atoms with Crippen molar-refractivity contribution in [1.29, 1.82) is 0 Å². The molecule has 2 aromatic rings. The predicted octanol–water partition coefficient (Wildman–Crippen LogP) is 3.99. The van der Waals surface area contributed by atoms with Crippen molar-refractivity contribution in [2.75, 3.05) is 6.54 Å². The number of likely N-dealkylation sites (tertiary alicyclic amines) is 1. The van der Waals surface area contributed by atoms with Gasteiger partial charge in [0, 0.05) is 19.5 Å². The van der Waals surface area contributed by atoms with E-state index in [9.17, 15) is 4.79 Å². The van der Waals surface area contributed by atoms with Crippen LogP contribution in [0.5, 0.6) is 11.5 Å². The molecule has 1 heterocycles. The maximum atomic E-state index is 11.8. The Bertz CT molecular complexity index is 592.